The molecular weight excluding hydrogens is 1280 g/mol. The first-order chi connectivity index (χ1) is 45.6. The fourth-order valence-corrected chi connectivity index (χ4v) is 11.5. The van der Waals surface area contributed by atoms with E-state index in [1.807, 2.05) is 47.6 Å². The van der Waals surface area contributed by atoms with E-state index >= 15 is 14.4 Å². The van der Waals surface area contributed by atoms with Crippen LogP contribution in [0.15, 0.2) is 12.2 Å². The van der Waals surface area contributed by atoms with Crippen molar-refractivity contribution in [1.82, 2.24) is 55.6 Å². The van der Waals surface area contributed by atoms with Crippen LogP contribution in [-0.2, 0) is 76.5 Å². The molecule has 0 aliphatic heterocycles. The van der Waals surface area contributed by atoms with Crippen molar-refractivity contribution < 1.29 is 81.3 Å². The Labute approximate surface area is 591 Å². The summed E-state index contributed by atoms with van der Waals surface area (Å²) in [4.78, 5) is 192. The Morgan fingerprint density at radius 2 is 0.960 bits per heavy atom. The minimum atomic E-state index is -1.57. The van der Waals surface area contributed by atoms with Crippen molar-refractivity contribution in [2.24, 2.45) is 41.4 Å². The standard InChI is InChI=1S/C71H127N11O17/c1-30-32-33-45(13)59(98-50(18)84)58(63(88)74-51(31-2)69(94)97-35-34-76(22)49(17)83)81(27)68(93)56(44(11)12)80(26)66(91)54(38-42(7)8)79(25)65(90)53(37-41(5)6)78(24)64(89)48(16)73-60(85)47(15)72-61(86)52(36-40(3)4)77(23)67(92)55(43(9)10)75-62(87)57(46(14)39-96-29)82(28)70(95)99-71(19,20)21/h30,32,40-48,51-59H,31,33-39H2,1-29H3,(H,72,86)(H,73,85)(H,74,88)(H,75,87)/b32-30+/t45-,46+,47+,48-,51+,52+,53+,54+,55+,56+,57+,58+,59-/m1/s1. The number of methoxy groups -OCH3 is 1. The quantitative estimate of drug-likeness (QED) is 0.0355. The summed E-state index contributed by atoms with van der Waals surface area (Å²) in [5.74, 6) is -10.8. The molecular formula is C71H127N11O17. The predicted molar refractivity (Wildman–Crippen MR) is 377 cm³/mol. The Kier molecular flexibility index (Phi) is 39.5. The van der Waals surface area contributed by atoms with Crippen LogP contribution in [-0.4, -0.2) is 260 Å². The van der Waals surface area contributed by atoms with Gasteiger partial charge in [-0.2, -0.15) is 0 Å². The Morgan fingerprint density at radius 3 is 1.40 bits per heavy atom. The third kappa shape index (κ3) is 29.0. The lowest BCUT2D eigenvalue weighted by Gasteiger charge is -2.42. The molecule has 28 nitrogen and oxygen atoms in total. The van der Waals surface area contributed by atoms with Gasteiger partial charge in [-0.1, -0.05) is 102 Å². The molecule has 0 aromatic rings. The van der Waals surface area contributed by atoms with Gasteiger partial charge in [-0.3, -0.25) is 57.6 Å². The monoisotopic (exact) mass is 1410 g/mol. The second-order valence-electron chi connectivity index (χ2n) is 29.4. The minimum absolute atomic E-state index is 0.0621. The normalized spacial score (nSPS) is 15.7. The molecule has 99 heavy (non-hydrogen) atoms. The van der Waals surface area contributed by atoms with Crippen LogP contribution < -0.4 is 21.3 Å². The molecule has 0 aliphatic carbocycles. The number of likely N-dealkylation sites (N-methyl/N-ethyl adjacent to an activating group) is 7. The number of carbonyl (C=O) groups is 13. The molecule has 0 aliphatic rings. The summed E-state index contributed by atoms with van der Waals surface area (Å²) >= 11 is 0. The van der Waals surface area contributed by atoms with Crippen molar-refractivity contribution in [2.75, 3.05) is 76.2 Å². The van der Waals surface area contributed by atoms with Crippen molar-refractivity contribution >= 4 is 77.1 Å². The zero-order valence-corrected chi connectivity index (χ0v) is 65.3. The van der Waals surface area contributed by atoms with E-state index < -0.39 is 167 Å². The number of nitrogens with one attached hydrogen (secondary N) is 4. The van der Waals surface area contributed by atoms with E-state index in [9.17, 15) is 47.9 Å². The molecule has 0 rings (SSSR count). The third-order valence-electron chi connectivity index (χ3n) is 17.3. The Bertz CT molecular complexity index is 2730. The van der Waals surface area contributed by atoms with Gasteiger partial charge >= 0.3 is 18.0 Å². The van der Waals surface area contributed by atoms with Gasteiger partial charge in [0.15, 0.2) is 0 Å². The van der Waals surface area contributed by atoms with Gasteiger partial charge in [-0.25, -0.2) is 9.59 Å². The number of hydrogen-bond acceptors (Lipinski definition) is 17. The van der Waals surface area contributed by atoms with Crippen molar-refractivity contribution in [2.45, 2.75) is 250 Å². The molecule has 11 amide bonds. The van der Waals surface area contributed by atoms with Crippen LogP contribution in [0.3, 0.4) is 0 Å². The zero-order valence-electron chi connectivity index (χ0n) is 65.3. The molecule has 0 aromatic carbocycles. The first-order valence-electron chi connectivity index (χ1n) is 34.7. The molecule has 13 atom stereocenters. The maximum absolute atomic E-state index is 15.3. The van der Waals surface area contributed by atoms with Crippen molar-refractivity contribution in [1.29, 1.82) is 0 Å². The Balaban J connectivity index is 7.19. The van der Waals surface area contributed by atoms with Crippen LogP contribution in [0.4, 0.5) is 4.79 Å². The van der Waals surface area contributed by atoms with E-state index in [1.54, 1.807) is 89.3 Å². The lowest BCUT2D eigenvalue weighted by Crippen LogP contribution is -2.63. The molecule has 0 spiro atoms. The molecule has 0 fully saturated rings. The van der Waals surface area contributed by atoms with Gasteiger partial charge in [0.1, 0.15) is 78.7 Å². The second kappa shape index (κ2) is 42.7. The van der Waals surface area contributed by atoms with Crippen LogP contribution >= 0.6 is 0 Å². The first-order valence-corrected chi connectivity index (χ1v) is 34.7. The fraction of sp³-hybridized carbons (Fsp3) is 0.789. The van der Waals surface area contributed by atoms with Gasteiger partial charge in [0, 0.05) is 76.2 Å². The zero-order chi connectivity index (χ0) is 77.2. The van der Waals surface area contributed by atoms with Gasteiger partial charge < -0.3 is 69.6 Å². The first kappa shape index (κ1) is 91.6. The molecule has 0 aromatic heterocycles. The highest BCUT2D eigenvalue weighted by Gasteiger charge is 2.47. The molecule has 28 heteroatoms. The smallest absolute Gasteiger partial charge is 0.410 e. The number of hydrogen-bond donors (Lipinski definition) is 4. The number of esters is 2. The lowest BCUT2D eigenvalue weighted by atomic mass is 9.91. The molecule has 0 bridgehead atoms. The Hall–Kier alpha value is -7.39. The van der Waals surface area contributed by atoms with Crippen molar-refractivity contribution in [3.8, 4) is 0 Å². The largest absolute Gasteiger partial charge is 0.462 e. The van der Waals surface area contributed by atoms with Crippen molar-refractivity contribution in [3.63, 3.8) is 0 Å². The number of ether oxygens (including phenoxy) is 4. The van der Waals surface area contributed by atoms with Gasteiger partial charge in [-0.05, 0) is 109 Å². The molecule has 0 saturated carbocycles. The topological polar surface area (TPSA) is 330 Å². The summed E-state index contributed by atoms with van der Waals surface area (Å²) in [5.41, 5.74) is -0.868. The Morgan fingerprint density at radius 1 is 0.495 bits per heavy atom. The summed E-state index contributed by atoms with van der Waals surface area (Å²) in [6, 6.07) is -12.5. The van der Waals surface area contributed by atoms with Crippen LogP contribution in [0.5, 0.6) is 0 Å². The van der Waals surface area contributed by atoms with Crippen LogP contribution in [0.2, 0.25) is 0 Å². The number of allylic oxidation sites excluding steroid dienone is 2. The maximum atomic E-state index is 15.3. The van der Waals surface area contributed by atoms with E-state index in [-0.39, 0.29) is 69.1 Å². The molecule has 0 radical (unpaired) electrons. The van der Waals surface area contributed by atoms with Gasteiger partial charge in [0.25, 0.3) is 0 Å². The maximum Gasteiger partial charge on any atom is 0.410 e. The predicted octanol–water partition coefficient (Wildman–Crippen LogP) is 5.03. The highest BCUT2D eigenvalue weighted by Crippen LogP contribution is 2.27. The SMILES string of the molecule is C/C=C/C[C@@H](C)[C@@H](OC(C)=O)[C@@H](C(=O)N[C@@H](CC)C(=O)OCCN(C)C(C)=O)N(C)C(=O)[C@H](C(C)C)N(C)C(=O)[C@H](CC(C)C)N(C)C(=O)[C@H](CC(C)C)N(C)C(=O)[C@@H](C)NC(=O)[C@H](C)NC(=O)[C@H](CC(C)C)N(C)C(=O)[C@@H](NC(=O)[C@H]([C@@H](C)COC)N(C)C(=O)OC(C)(C)C)C(C)C. The van der Waals surface area contributed by atoms with E-state index in [4.69, 9.17) is 18.9 Å². The summed E-state index contributed by atoms with van der Waals surface area (Å²) in [5, 5.41) is 10.9. The minimum Gasteiger partial charge on any atom is -0.462 e. The average Bonchev–Trinajstić information content (AvgIpc) is 0.799. The van der Waals surface area contributed by atoms with Crippen LogP contribution in [0, 0.1) is 41.4 Å². The van der Waals surface area contributed by atoms with Crippen LogP contribution in [0.1, 0.15) is 178 Å². The van der Waals surface area contributed by atoms with Crippen molar-refractivity contribution in [3.05, 3.63) is 12.2 Å². The highest BCUT2D eigenvalue weighted by atomic mass is 16.6. The number of rotatable bonds is 40. The number of carbonyl (C=O) groups excluding carboxylic acids is 13. The van der Waals surface area contributed by atoms with E-state index in [0.29, 0.717) is 6.42 Å². The number of amides is 11. The summed E-state index contributed by atoms with van der Waals surface area (Å²) in [7, 11) is 11.5. The van der Waals surface area contributed by atoms with Gasteiger partial charge in [0.05, 0.1) is 13.2 Å². The summed E-state index contributed by atoms with van der Waals surface area (Å²) in [6.07, 6.45) is 2.29. The lowest BCUT2D eigenvalue weighted by molar-refractivity contribution is -0.164. The van der Waals surface area contributed by atoms with E-state index in [1.165, 1.54) is 102 Å². The number of nitrogens with zero attached hydrogens (tertiary/aromatic N) is 7. The van der Waals surface area contributed by atoms with Crippen LogP contribution in [0.25, 0.3) is 0 Å². The van der Waals surface area contributed by atoms with E-state index in [0.717, 1.165) is 9.80 Å². The summed E-state index contributed by atoms with van der Waals surface area (Å²) in [6.45, 7) is 35.3. The van der Waals surface area contributed by atoms with Gasteiger partial charge in [0.2, 0.25) is 59.1 Å². The highest BCUT2D eigenvalue weighted by molar-refractivity contribution is 5.99. The average molecular weight is 1410 g/mol. The summed E-state index contributed by atoms with van der Waals surface area (Å²) < 4.78 is 22.2. The molecule has 568 valence electrons. The third-order valence-corrected chi connectivity index (χ3v) is 17.3. The molecule has 0 heterocycles. The molecule has 4 N–H and O–H groups in total. The van der Waals surface area contributed by atoms with E-state index in [2.05, 4.69) is 21.3 Å². The van der Waals surface area contributed by atoms with Gasteiger partial charge in [-0.15, -0.1) is 0 Å². The molecule has 0 unspecified atom stereocenters. The fourth-order valence-electron chi connectivity index (χ4n) is 11.5. The second-order valence-corrected chi connectivity index (χ2v) is 29.4. The molecule has 0 saturated heterocycles.